The van der Waals surface area contributed by atoms with Crippen LogP contribution in [0.5, 0.6) is 0 Å². The van der Waals surface area contributed by atoms with Gasteiger partial charge in [0.1, 0.15) is 0 Å². The number of nitrogens with two attached hydrogens (primary N) is 1. The third-order valence-electron chi connectivity index (χ3n) is 2.95. The monoisotopic (exact) mass is 263 g/mol. The van der Waals surface area contributed by atoms with E-state index in [-0.39, 0.29) is 11.2 Å². The Morgan fingerprint density at radius 2 is 2.00 bits per heavy atom. The van der Waals surface area contributed by atoms with Crippen molar-refractivity contribution in [2.24, 2.45) is 5.41 Å². The van der Waals surface area contributed by atoms with E-state index in [1.54, 1.807) is 6.07 Å². The van der Waals surface area contributed by atoms with Crippen LogP contribution in [0.3, 0.4) is 0 Å². The second-order valence-electron chi connectivity index (χ2n) is 6.11. The van der Waals surface area contributed by atoms with Crippen LogP contribution in [0.2, 0.25) is 0 Å². The lowest BCUT2D eigenvalue weighted by molar-refractivity contribution is 0.101. The predicted molar refractivity (Wildman–Crippen MR) is 81.7 cm³/mol. The average Bonchev–Trinajstić information content (AvgIpc) is 2.24. The zero-order valence-corrected chi connectivity index (χ0v) is 12.6. The molecule has 4 heteroatoms. The third kappa shape index (κ3) is 4.91. The highest BCUT2D eigenvalue weighted by atomic mass is 16.1. The highest BCUT2D eigenvalue weighted by Gasteiger charge is 2.18. The molecule has 1 aromatic carbocycles. The highest BCUT2D eigenvalue weighted by molar-refractivity contribution is 5.99. The summed E-state index contributed by atoms with van der Waals surface area (Å²) in [5, 5.41) is 3.38. The van der Waals surface area contributed by atoms with Crippen LogP contribution in [0, 0.1) is 5.41 Å². The molecule has 0 unspecified atom stereocenters. The van der Waals surface area contributed by atoms with Gasteiger partial charge < -0.3 is 16.0 Å². The van der Waals surface area contributed by atoms with Gasteiger partial charge in [-0.05, 0) is 44.6 Å². The summed E-state index contributed by atoms with van der Waals surface area (Å²) in [6, 6.07) is 5.50. The van der Waals surface area contributed by atoms with Crippen LogP contribution < -0.4 is 11.1 Å². The number of ketones is 1. The van der Waals surface area contributed by atoms with Gasteiger partial charge in [-0.15, -0.1) is 0 Å². The highest BCUT2D eigenvalue weighted by Crippen LogP contribution is 2.21. The molecule has 0 saturated carbocycles. The molecule has 0 aromatic heterocycles. The molecule has 0 radical (unpaired) electrons. The number of rotatable bonds is 6. The number of anilines is 2. The minimum absolute atomic E-state index is 0.00279. The zero-order chi connectivity index (χ0) is 14.6. The summed E-state index contributed by atoms with van der Waals surface area (Å²) in [6.45, 7) is 7.81. The van der Waals surface area contributed by atoms with Crippen LogP contribution in [0.25, 0.3) is 0 Å². The lowest BCUT2D eigenvalue weighted by atomic mass is 9.93. The number of benzene rings is 1. The lowest BCUT2D eigenvalue weighted by Crippen LogP contribution is -2.34. The van der Waals surface area contributed by atoms with Crippen molar-refractivity contribution in [3.63, 3.8) is 0 Å². The minimum Gasteiger partial charge on any atom is -0.398 e. The van der Waals surface area contributed by atoms with Gasteiger partial charge in [0.05, 0.1) is 0 Å². The van der Waals surface area contributed by atoms with Crippen molar-refractivity contribution in [1.29, 1.82) is 0 Å². The fourth-order valence-corrected chi connectivity index (χ4v) is 2.25. The van der Waals surface area contributed by atoms with Crippen LogP contribution in [0.15, 0.2) is 18.2 Å². The van der Waals surface area contributed by atoms with Crippen LogP contribution in [-0.4, -0.2) is 37.9 Å². The second-order valence-corrected chi connectivity index (χ2v) is 6.11. The number of nitrogen functional groups attached to an aromatic ring is 1. The van der Waals surface area contributed by atoms with Crippen molar-refractivity contribution < 1.29 is 4.79 Å². The molecule has 0 heterocycles. The fraction of sp³-hybridized carbons (Fsp3) is 0.533. The van der Waals surface area contributed by atoms with E-state index in [1.807, 2.05) is 12.1 Å². The number of carbonyl (C=O) groups is 1. The molecule has 0 saturated heterocycles. The number of nitrogens with zero attached hydrogens (tertiary/aromatic N) is 1. The van der Waals surface area contributed by atoms with Crippen LogP contribution in [0.4, 0.5) is 11.4 Å². The largest absolute Gasteiger partial charge is 0.398 e. The Labute approximate surface area is 116 Å². The smallest absolute Gasteiger partial charge is 0.161 e. The molecule has 0 spiro atoms. The van der Waals surface area contributed by atoms with Crippen LogP contribution >= 0.6 is 0 Å². The Bertz CT molecular complexity index is 453. The average molecular weight is 263 g/mol. The van der Waals surface area contributed by atoms with Gasteiger partial charge in [-0.3, -0.25) is 4.79 Å². The van der Waals surface area contributed by atoms with Gasteiger partial charge in [0.15, 0.2) is 5.78 Å². The Morgan fingerprint density at radius 1 is 1.37 bits per heavy atom. The van der Waals surface area contributed by atoms with Crippen molar-refractivity contribution >= 4 is 17.2 Å². The molecule has 0 aliphatic rings. The first-order valence-electron chi connectivity index (χ1n) is 6.50. The maximum absolute atomic E-state index is 11.3. The number of hydrogen-bond donors (Lipinski definition) is 2. The van der Waals surface area contributed by atoms with Gasteiger partial charge in [0, 0.05) is 30.0 Å². The molecule has 0 fully saturated rings. The van der Waals surface area contributed by atoms with E-state index >= 15 is 0 Å². The van der Waals surface area contributed by atoms with E-state index in [0.717, 1.165) is 18.8 Å². The number of carbonyl (C=O) groups excluding carboxylic acids is 1. The normalized spacial score (nSPS) is 11.7. The molecular weight excluding hydrogens is 238 g/mol. The molecule has 4 nitrogen and oxygen atoms in total. The van der Waals surface area contributed by atoms with Gasteiger partial charge >= 0.3 is 0 Å². The first kappa shape index (κ1) is 15.5. The van der Waals surface area contributed by atoms with Gasteiger partial charge in [-0.1, -0.05) is 13.8 Å². The first-order chi connectivity index (χ1) is 8.71. The first-order valence-corrected chi connectivity index (χ1v) is 6.50. The number of Topliss-reactive ketones (excluding diaryl/α,β-unsaturated/α-hetero) is 1. The van der Waals surface area contributed by atoms with Gasteiger partial charge in [0.2, 0.25) is 0 Å². The topological polar surface area (TPSA) is 58.4 Å². The molecule has 0 amide bonds. The predicted octanol–water partition coefficient (Wildman–Crippen LogP) is 2.47. The lowest BCUT2D eigenvalue weighted by Gasteiger charge is -2.29. The van der Waals surface area contributed by atoms with E-state index in [1.165, 1.54) is 6.92 Å². The van der Waals surface area contributed by atoms with E-state index in [2.05, 4.69) is 38.2 Å². The summed E-state index contributed by atoms with van der Waals surface area (Å²) in [7, 11) is 4.14. The number of hydrogen-bond acceptors (Lipinski definition) is 4. The molecular formula is C15H25N3O. The maximum atomic E-state index is 11.3. The summed E-state index contributed by atoms with van der Waals surface area (Å²) in [5.41, 5.74) is 8.10. The van der Waals surface area contributed by atoms with Crippen molar-refractivity contribution in [2.75, 3.05) is 38.2 Å². The molecule has 0 bridgehead atoms. The van der Waals surface area contributed by atoms with E-state index in [0.29, 0.717) is 11.3 Å². The Balaban J connectivity index is 2.69. The summed E-state index contributed by atoms with van der Waals surface area (Å²) >= 11 is 0. The molecule has 0 atom stereocenters. The van der Waals surface area contributed by atoms with Gasteiger partial charge in [-0.25, -0.2) is 0 Å². The van der Waals surface area contributed by atoms with Gasteiger partial charge in [0.25, 0.3) is 0 Å². The molecule has 1 aromatic rings. The Morgan fingerprint density at radius 3 is 2.47 bits per heavy atom. The van der Waals surface area contributed by atoms with E-state index in [4.69, 9.17) is 5.73 Å². The second kappa shape index (κ2) is 6.06. The third-order valence-corrected chi connectivity index (χ3v) is 2.95. The zero-order valence-electron chi connectivity index (χ0n) is 12.6. The minimum atomic E-state index is -0.00279. The van der Waals surface area contributed by atoms with E-state index < -0.39 is 0 Å². The standard InChI is InChI=1S/C15H25N3O/c1-11(19)13-7-6-12(8-14(13)16)17-9-15(2,3)10-18(4)5/h6-8,17H,9-10,16H2,1-5H3. The van der Waals surface area contributed by atoms with Crippen LogP contribution in [-0.2, 0) is 0 Å². The van der Waals surface area contributed by atoms with Crippen molar-refractivity contribution in [2.45, 2.75) is 20.8 Å². The quantitative estimate of drug-likeness (QED) is 0.611. The van der Waals surface area contributed by atoms with Crippen molar-refractivity contribution in [3.05, 3.63) is 23.8 Å². The molecule has 1 rings (SSSR count). The fourth-order valence-electron chi connectivity index (χ4n) is 2.25. The van der Waals surface area contributed by atoms with E-state index in [9.17, 15) is 4.79 Å². The maximum Gasteiger partial charge on any atom is 0.161 e. The molecule has 3 N–H and O–H groups in total. The number of nitrogens with one attached hydrogen (secondary N) is 1. The molecule has 106 valence electrons. The summed E-state index contributed by atoms with van der Waals surface area (Å²) in [5.74, 6) is -0.00279. The van der Waals surface area contributed by atoms with Crippen molar-refractivity contribution in [1.82, 2.24) is 4.90 Å². The summed E-state index contributed by atoms with van der Waals surface area (Å²) in [4.78, 5) is 13.5. The molecule has 0 aliphatic heterocycles. The molecule has 0 aliphatic carbocycles. The van der Waals surface area contributed by atoms with Crippen molar-refractivity contribution in [3.8, 4) is 0 Å². The molecule has 19 heavy (non-hydrogen) atoms. The Kier molecular flexibility index (Phi) is 4.95. The Hall–Kier alpha value is -1.55. The SMILES string of the molecule is CC(=O)c1ccc(NCC(C)(C)CN(C)C)cc1N. The summed E-state index contributed by atoms with van der Waals surface area (Å²) < 4.78 is 0. The summed E-state index contributed by atoms with van der Waals surface area (Å²) in [6.07, 6.45) is 0. The van der Waals surface area contributed by atoms with Gasteiger partial charge in [-0.2, -0.15) is 0 Å². The van der Waals surface area contributed by atoms with Crippen LogP contribution in [0.1, 0.15) is 31.1 Å².